The van der Waals surface area contributed by atoms with Crippen LogP contribution in [0.25, 0.3) is 0 Å². The molecule has 2 nitrogen and oxygen atoms in total. The molecule has 0 bridgehead atoms. The maximum atomic E-state index is 13.7. The van der Waals surface area contributed by atoms with Crippen LogP contribution in [0.1, 0.15) is 24.1 Å². The number of hydrogen-bond donors (Lipinski definition) is 1. The Kier molecular flexibility index (Phi) is 5.62. The maximum absolute atomic E-state index is 13.7. The second-order valence-electron chi connectivity index (χ2n) is 4.52. The zero-order chi connectivity index (χ0) is 15.4. The lowest BCUT2D eigenvalue weighted by atomic mass is 9.98. The minimum absolute atomic E-state index is 0.145. The van der Waals surface area contributed by atoms with Crippen LogP contribution in [-0.4, -0.2) is 13.7 Å². The first-order valence-electron chi connectivity index (χ1n) is 6.59. The van der Waals surface area contributed by atoms with E-state index in [0.717, 1.165) is 22.3 Å². The Labute approximate surface area is 137 Å². The molecule has 0 aliphatic rings. The van der Waals surface area contributed by atoms with Gasteiger partial charge in [0.25, 0.3) is 0 Å². The van der Waals surface area contributed by atoms with Crippen molar-refractivity contribution in [2.45, 2.75) is 13.0 Å². The molecule has 2 aromatic rings. The minimum Gasteiger partial charge on any atom is -0.497 e. The van der Waals surface area contributed by atoms with Crippen LogP contribution in [0.3, 0.4) is 0 Å². The summed E-state index contributed by atoms with van der Waals surface area (Å²) in [6.07, 6.45) is 0. The summed E-state index contributed by atoms with van der Waals surface area (Å²) in [5.41, 5.74) is 1.69. The van der Waals surface area contributed by atoms with Gasteiger partial charge in [-0.2, -0.15) is 0 Å². The van der Waals surface area contributed by atoms with Crippen molar-refractivity contribution >= 4 is 27.5 Å². The van der Waals surface area contributed by atoms with Gasteiger partial charge in [-0.1, -0.05) is 52.7 Å². The molecular formula is C16H16BrClFNO. The molecule has 0 aliphatic carbocycles. The van der Waals surface area contributed by atoms with Gasteiger partial charge in [-0.3, -0.25) is 0 Å². The van der Waals surface area contributed by atoms with E-state index in [2.05, 4.69) is 21.2 Å². The van der Waals surface area contributed by atoms with Crippen LogP contribution in [0, 0.1) is 5.82 Å². The molecule has 5 heteroatoms. The maximum Gasteiger partial charge on any atom is 0.142 e. The highest BCUT2D eigenvalue weighted by molar-refractivity contribution is 9.10. The molecule has 0 amide bonds. The van der Waals surface area contributed by atoms with Crippen molar-refractivity contribution < 1.29 is 9.13 Å². The summed E-state index contributed by atoms with van der Waals surface area (Å²) in [5, 5.41) is 3.48. The van der Waals surface area contributed by atoms with Crippen molar-refractivity contribution in [2.24, 2.45) is 0 Å². The van der Waals surface area contributed by atoms with Crippen LogP contribution in [0.2, 0.25) is 5.02 Å². The molecule has 1 atom stereocenters. The van der Waals surface area contributed by atoms with Gasteiger partial charge in [-0.25, -0.2) is 4.39 Å². The molecule has 0 heterocycles. The van der Waals surface area contributed by atoms with E-state index in [0.29, 0.717) is 5.56 Å². The number of nitrogens with one attached hydrogen (secondary N) is 1. The molecule has 0 saturated carbocycles. The van der Waals surface area contributed by atoms with Crippen LogP contribution in [0.4, 0.5) is 4.39 Å². The van der Waals surface area contributed by atoms with Crippen molar-refractivity contribution in [1.82, 2.24) is 5.32 Å². The number of hydrogen-bond acceptors (Lipinski definition) is 2. The third kappa shape index (κ3) is 3.57. The Morgan fingerprint density at radius 2 is 2.05 bits per heavy atom. The molecule has 0 aromatic heterocycles. The van der Waals surface area contributed by atoms with E-state index in [1.165, 1.54) is 6.07 Å². The van der Waals surface area contributed by atoms with Gasteiger partial charge in [-0.15, -0.1) is 0 Å². The van der Waals surface area contributed by atoms with Crippen LogP contribution < -0.4 is 10.1 Å². The SMILES string of the molecule is CCNC(c1ccc(OC)cc1Br)c1cccc(F)c1Cl. The molecule has 0 saturated heterocycles. The second kappa shape index (κ2) is 7.25. The van der Waals surface area contributed by atoms with Crippen LogP contribution >= 0.6 is 27.5 Å². The first-order valence-corrected chi connectivity index (χ1v) is 7.76. The molecular weight excluding hydrogens is 357 g/mol. The fourth-order valence-electron chi connectivity index (χ4n) is 2.20. The quantitative estimate of drug-likeness (QED) is 0.802. The second-order valence-corrected chi connectivity index (χ2v) is 5.75. The smallest absolute Gasteiger partial charge is 0.142 e. The molecule has 1 N–H and O–H groups in total. The largest absolute Gasteiger partial charge is 0.497 e. The molecule has 0 fully saturated rings. The van der Waals surface area contributed by atoms with Gasteiger partial charge in [0, 0.05) is 4.47 Å². The number of methoxy groups -OCH3 is 1. The molecule has 0 aliphatic heterocycles. The average Bonchev–Trinajstić information content (AvgIpc) is 2.48. The highest BCUT2D eigenvalue weighted by Gasteiger charge is 2.20. The molecule has 0 radical (unpaired) electrons. The zero-order valence-electron chi connectivity index (χ0n) is 11.8. The van der Waals surface area contributed by atoms with Gasteiger partial charge in [0.2, 0.25) is 0 Å². The predicted molar refractivity (Wildman–Crippen MR) is 87.6 cm³/mol. The summed E-state index contributed by atoms with van der Waals surface area (Å²) < 4.78 is 19.8. The first-order chi connectivity index (χ1) is 10.1. The van der Waals surface area contributed by atoms with Crippen molar-refractivity contribution in [3.63, 3.8) is 0 Å². The van der Waals surface area contributed by atoms with Gasteiger partial charge in [0.15, 0.2) is 0 Å². The van der Waals surface area contributed by atoms with Crippen molar-refractivity contribution in [3.8, 4) is 5.75 Å². The molecule has 1 unspecified atom stereocenters. The number of benzene rings is 2. The molecule has 112 valence electrons. The van der Waals surface area contributed by atoms with Crippen LogP contribution in [-0.2, 0) is 0 Å². The lowest BCUT2D eigenvalue weighted by Crippen LogP contribution is -2.23. The minimum atomic E-state index is -0.415. The third-order valence-electron chi connectivity index (χ3n) is 3.22. The summed E-state index contributed by atoms with van der Waals surface area (Å²) in [6, 6.07) is 10.4. The zero-order valence-corrected chi connectivity index (χ0v) is 14.1. The lowest BCUT2D eigenvalue weighted by Gasteiger charge is -2.22. The van der Waals surface area contributed by atoms with E-state index in [4.69, 9.17) is 16.3 Å². The van der Waals surface area contributed by atoms with E-state index >= 15 is 0 Å². The lowest BCUT2D eigenvalue weighted by molar-refractivity contribution is 0.414. The van der Waals surface area contributed by atoms with Gasteiger partial charge >= 0.3 is 0 Å². The summed E-state index contributed by atoms with van der Waals surface area (Å²) >= 11 is 9.67. The molecule has 2 rings (SSSR count). The fourth-order valence-corrected chi connectivity index (χ4v) is 3.03. The highest BCUT2D eigenvalue weighted by atomic mass is 79.9. The molecule has 0 spiro atoms. The molecule has 21 heavy (non-hydrogen) atoms. The Hall–Kier alpha value is -1.10. The highest BCUT2D eigenvalue weighted by Crippen LogP contribution is 2.35. The third-order valence-corrected chi connectivity index (χ3v) is 4.30. The monoisotopic (exact) mass is 371 g/mol. The van der Waals surface area contributed by atoms with E-state index in [9.17, 15) is 4.39 Å². The van der Waals surface area contributed by atoms with Gasteiger partial charge in [-0.05, 0) is 35.9 Å². The summed E-state index contributed by atoms with van der Waals surface area (Å²) in [7, 11) is 1.62. The normalized spacial score (nSPS) is 12.2. The van der Waals surface area contributed by atoms with E-state index in [1.807, 2.05) is 31.2 Å². The van der Waals surface area contributed by atoms with Crippen molar-refractivity contribution in [2.75, 3.05) is 13.7 Å². The average molecular weight is 373 g/mol. The first kappa shape index (κ1) is 16.3. The predicted octanol–water partition coefficient (Wildman–Crippen LogP) is 4.95. The van der Waals surface area contributed by atoms with Gasteiger partial charge < -0.3 is 10.1 Å². The van der Waals surface area contributed by atoms with E-state index < -0.39 is 5.82 Å². The Morgan fingerprint density at radius 3 is 2.67 bits per heavy atom. The fraction of sp³-hybridized carbons (Fsp3) is 0.250. The topological polar surface area (TPSA) is 21.3 Å². The van der Waals surface area contributed by atoms with E-state index in [1.54, 1.807) is 13.2 Å². The van der Waals surface area contributed by atoms with Crippen LogP contribution in [0.15, 0.2) is 40.9 Å². The van der Waals surface area contributed by atoms with Crippen LogP contribution in [0.5, 0.6) is 5.75 Å². The Bertz CT molecular complexity index is 636. The van der Waals surface area contributed by atoms with Crippen molar-refractivity contribution in [3.05, 3.63) is 62.8 Å². The van der Waals surface area contributed by atoms with Crippen molar-refractivity contribution in [1.29, 1.82) is 0 Å². The summed E-state index contributed by atoms with van der Waals surface area (Å²) in [4.78, 5) is 0. The molecule has 2 aromatic carbocycles. The Morgan fingerprint density at radius 1 is 1.29 bits per heavy atom. The Balaban J connectivity index is 2.51. The summed E-state index contributed by atoms with van der Waals surface area (Å²) in [5.74, 6) is 0.341. The van der Waals surface area contributed by atoms with Gasteiger partial charge in [0.05, 0.1) is 18.2 Å². The standard InChI is InChI=1S/C16H16BrClFNO/c1-3-20-16(12-5-4-6-14(19)15(12)18)11-8-7-10(21-2)9-13(11)17/h4-9,16,20H,3H2,1-2H3. The van der Waals surface area contributed by atoms with E-state index in [-0.39, 0.29) is 11.1 Å². The number of ether oxygens (including phenoxy) is 1. The number of halogens is 3. The number of rotatable bonds is 5. The summed E-state index contributed by atoms with van der Waals surface area (Å²) in [6.45, 7) is 2.73. The van der Waals surface area contributed by atoms with Gasteiger partial charge in [0.1, 0.15) is 11.6 Å².